The Balaban J connectivity index is 2.10. The summed E-state index contributed by atoms with van der Waals surface area (Å²) in [5.74, 6) is 0. The number of carbonyl (C=O) groups is 1. The van der Waals surface area contributed by atoms with Gasteiger partial charge >= 0.3 is 6.09 Å². The highest BCUT2D eigenvalue weighted by Crippen LogP contribution is 2.32. The van der Waals surface area contributed by atoms with E-state index in [0.29, 0.717) is 0 Å². The first-order valence-electron chi connectivity index (χ1n) is 6.72. The average molecular weight is 256 g/mol. The molecule has 104 valence electrons. The Labute approximate surface area is 108 Å². The van der Waals surface area contributed by atoms with Crippen molar-refractivity contribution in [2.24, 2.45) is 0 Å². The van der Waals surface area contributed by atoms with Gasteiger partial charge in [-0.2, -0.15) is 0 Å². The van der Waals surface area contributed by atoms with Gasteiger partial charge in [-0.1, -0.05) is 0 Å². The summed E-state index contributed by atoms with van der Waals surface area (Å²) in [4.78, 5) is 14.1. The van der Waals surface area contributed by atoms with Gasteiger partial charge in [-0.05, 0) is 40.5 Å². The molecule has 0 aromatic carbocycles. The van der Waals surface area contributed by atoms with Gasteiger partial charge in [-0.15, -0.1) is 0 Å². The van der Waals surface area contributed by atoms with Crippen LogP contribution >= 0.6 is 0 Å². The van der Waals surface area contributed by atoms with Crippen molar-refractivity contribution >= 4 is 6.09 Å². The quantitative estimate of drug-likeness (QED) is 0.737. The Morgan fingerprint density at radius 3 is 2.67 bits per heavy atom. The van der Waals surface area contributed by atoms with E-state index in [9.17, 15) is 9.90 Å². The fraction of sp³-hybridized carbons (Fsp3) is 0.923. The Kier molecular flexibility index (Phi) is 3.56. The second kappa shape index (κ2) is 4.70. The first-order valence-corrected chi connectivity index (χ1v) is 6.72. The topological polar surface area (TPSA) is 61.8 Å². The fourth-order valence-electron chi connectivity index (χ4n) is 2.96. The van der Waals surface area contributed by atoms with Crippen LogP contribution in [0.5, 0.6) is 0 Å². The number of piperazine rings is 1. The number of ether oxygens (including phenoxy) is 1. The number of aliphatic hydroxyl groups excluding tert-OH is 1. The van der Waals surface area contributed by atoms with Crippen molar-refractivity contribution in [2.45, 2.75) is 70.4 Å². The first kappa shape index (κ1) is 13.6. The molecular weight excluding hydrogens is 232 g/mol. The zero-order valence-electron chi connectivity index (χ0n) is 11.6. The van der Waals surface area contributed by atoms with Crippen molar-refractivity contribution in [3.63, 3.8) is 0 Å². The first-order chi connectivity index (χ1) is 8.29. The molecule has 2 heterocycles. The molecule has 2 N–H and O–H groups in total. The lowest BCUT2D eigenvalue weighted by Crippen LogP contribution is -2.63. The maximum Gasteiger partial charge on any atom is 0.410 e. The Bertz CT molecular complexity index is 325. The fourth-order valence-corrected chi connectivity index (χ4v) is 2.96. The molecule has 0 saturated carbocycles. The van der Waals surface area contributed by atoms with Crippen molar-refractivity contribution < 1.29 is 14.6 Å². The van der Waals surface area contributed by atoms with Crippen LogP contribution < -0.4 is 5.32 Å². The molecule has 0 spiro atoms. The number of aliphatic hydroxyl groups is 1. The smallest absolute Gasteiger partial charge is 0.410 e. The number of amides is 1. The van der Waals surface area contributed by atoms with Gasteiger partial charge in [-0.3, -0.25) is 4.90 Å². The largest absolute Gasteiger partial charge is 0.444 e. The standard InChI is InChI=1S/C13H24N2O3/c1-8(16)11-10-6-5-9(7-14-11)15(10)12(17)18-13(2,3)4/h8-11,14,16H,5-7H2,1-4H3/t8-,9-,10+,11+/m0/s1. The number of nitrogens with one attached hydrogen (secondary N) is 1. The van der Waals surface area contributed by atoms with Crippen LogP contribution in [-0.2, 0) is 4.74 Å². The predicted octanol–water partition coefficient (Wildman–Crippen LogP) is 1.11. The molecule has 2 fully saturated rings. The van der Waals surface area contributed by atoms with Crippen LogP contribution in [0.25, 0.3) is 0 Å². The van der Waals surface area contributed by atoms with Crippen molar-refractivity contribution in [1.82, 2.24) is 10.2 Å². The summed E-state index contributed by atoms with van der Waals surface area (Å²) in [5, 5.41) is 13.1. The lowest BCUT2D eigenvalue weighted by Gasteiger charge is -2.42. The lowest BCUT2D eigenvalue weighted by atomic mass is 10.0. The molecule has 0 aliphatic carbocycles. The summed E-state index contributed by atoms with van der Waals surface area (Å²) in [7, 11) is 0. The van der Waals surface area contributed by atoms with E-state index in [-0.39, 0.29) is 24.2 Å². The molecule has 5 heteroatoms. The lowest BCUT2D eigenvalue weighted by molar-refractivity contribution is -0.00704. The highest BCUT2D eigenvalue weighted by atomic mass is 16.6. The van der Waals surface area contributed by atoms with Gasteiger partial charge in [0.05, 0.1) is 18.2 Å². The summed E-state index contributed by atoms with van der Waals surface area (Å²) in [6.45, 7) is 8.14. The van der Waals surface area contributed by atoms with Crippen LogP contribution in [0.2, 0.25) is 0 Å². The maximum atomic E-state index is 12.2. The summed E-state index contributed by atoms with van der Waals surface area (Å²) in [6, 6.07) is 0.217. The molecule has 2 aliphatic heterocycles. The molecule has 5 nitrogen and oxygen atoms in total. The molecule has 4 atom stereocenters. The third kappa shape index (κ3) is 2.62. The van der Waals surface area contributed by atoms with Gasteiger partial charge in [0.2, 0.25) is 0 Å². The third-order valence-electron chi connectivity index (χ3n) is 3.67. The van der Waals surface area contributed by atoms with Gasteiger partial charge in [0.15, 0.2) is 0 Å². The van der Waals surface area contributed by atoms with Crippen molar-refractivity contribution in [2.75, 3.05) is 6.54 Å². The number of hydrogen-bond donors (Lipinski definition) is 2. The van der Waals surface area contributed by atoms with Crippen LogP contribution in [0.3, 0.4) is 0 Å². The summed E-state index contributed by atoms with van der Waals surface area (Å²) < 4.78 is 5.46. The molecule has 2 bridgehead atoms. The maximum absolute atomic E-state index is 12.2. The second-order valence-corrected chi connectivity index (χ2v) is 6.36. The minimum absolute atomic E-state index is 0.0451. The van der Waals surface area contributed by atoms with E-state index < -0.39 is 11.7 Å². The van der Waals surface area contributed by atoms with Crippen LogP contribution in [0.4, 0.5) is 4.79 Å². The molecule has 2 aliphatic rings. The summed E-state index contributed by atoms with van der Waals surface area (Å²) in [5.41, 5.74) is -0.471. The third-order valence-corrected chi connectivity index (χ3v) is 3.67. The second-order valence-electron chi connectivity index (χ2n) is 6.36. The summed E-state index contributed by atoms with van der Waals surface area (Å²) >= 11 is 0. The molecule has 18 heavy (non-hydrogen) atoms. The molecule has 2 rings (SSSR count). The molecule has 0 unspecified atom stereocenters. The van der Waals surface area contributed by atoms with E-state index in [2.05, 4.69) is 5.32 Å². The predicted molar refractivity (Wildman–Crippen MR) is 68.4 cm³/mol. The highest BCUT2D eigenvalue weighted by Gasteiger charge is 2.47. The van der Waals surface area contributed by atoms with Gasteiger partial charge < -0.3 is 15.2 Å². The monoisotopic (exact) mass is 256 g/mol. The SMILES string of the molecule is C[C@H](O)[C@H]1NC[C@@H]2CC[C@H]1N2C(=O)OC(C)(C)C. The van der Waals surface area contributed by atoms with Crippen LogP contribution in [0.1, 0.15) is 40.5 Å². The molecule has 0 aromatic rings. The van der Waals surface area contributed by atoms with Gasteiger partial charge in [0.25, 0.3) is 0 Å². The van der Waals surface area contributed by atoms with Crippen LogP contribution in [0, 0.1) is 0 Å². The average Bonchev–Trinajstić information content (AvgIpc) is 2.49. The molecule has 0 radical (unpaired) electrons. The van der Waals surface area contributed by atoms with E-state index in [1.807, 2.05) is 25.7 Å². The molecule has 0 aromatic heterocycles. The zero-order chi connectivity index (χ0) is 13.5. The highest BCUT2D eigenvalue weighted by molar-refractivity contribution is 5.70. The van der Waals surface area contributed by atoms with Crippen LogP contribution in [0.15, 0.2) is 0 Å². The Morgan fingerprint density at radius 2 is 2.11 bits per heavy atom. The molecule has 1 amide bonds. The number of fused-ring (bicyclic) bond motifs is 2. The van der Waals surface area contributed by atoms with Gasteiger partial charge in [-0.25, -0.2) is 4.79 Å². The van der Waals surface area contributed by atoms with Gasteiger partial charge in [0, 0.05) is 12.6 Å². The Hall–Kier alpha value is -0.810. The Morgan fingerprint density at radius 1 is 1.44 bits per heavy atom. The number of carbonyl (C=O) groups excluding carboxylic acids is 1. The van der Waals surface area contributed by atoms with Gasteiger partial charge in [0.1, 0.15) is 5.60 Å². The number of rotatable bonds is 1. The molecule has 2 saturated heterocycles. The van der Waals surface area contributed by atoms with E-state index >= 15 is 0 Å². The normalized spacial score (nSPS) is 33.4. The van der Waals surface area contributed by atoms with Crippen molar-refractivity contribution in [1.29, 1.82) is 0 Å². The van der Waals surface area contributed by atoms with E-state index in [1.165, 1.54) is 0 Å². The van der Waals surface area contributed by atoms with E-state index in [1.54, 1.807) is 6.92 Å². The number of nitrogens with zero attached hydrogens (tertiary/aromatic N) is 1. The van der Waals surface area contributed by atoms with Crippen molar-refractivity contribution in [3.05, 3.63) is 0 Å². The summed E-state index contributed by atoms with van der Waals surface area (Å²) in [6.07, 6.45) is 1.22. The minimum atomic E-state index is -0.471. The van der Waals surface area contributed by atoms with Crippen LogP contribution in [-0.4, -0.2) is 52.5 Å². The van der Waals surface area contributed by atoms with E-state index in [4.69, 9.17) is 4.74 Å². The van der Waals surface area contributed by atoms with E-state index in [0.717, 1.165) is 19.4 Å². The van der Waals surface area contributed by atoms with Crippen molar-refractivity contribution in [3.8, 4) is 0 Å². The zero-order valence-corrected chi connectivity index (χ0v) is 11.6. The minimum Gasteiger partial charge on any atom is -0.444 e. The molecular formula is C13H24N2O3. The number of hydrogen-bond acceptors (Lipinski definition) is 4.